The summed E-state index contributed by atoms with van der Waals surface area (Å²) in [6.45, 7) is 2.32. The van der Waals surface area contributed by atoms with Gasteiger partial charge in [0, 0.05) is 29.7 Å². The Morgan fingerprint density at radius 1 is 1.17 bits per heavy atom. The minimum absolute atomic E-state index is 0.0162. The number of amides is 2. The number of rotatable bonds is 5. The van der Waals surface area contributed by atoms with Crippen molar-refractivity contribution >= 4 is 45.4 Å². The summed E-state index contributed by atoms with van der Waals surface area (Å²) in [5, 5.41) is 9.92. The second-order valence-electron chi connectivity index (χ2n) is 9.56. The van der Waals surface area contributed by atoms with E-state index in [2.05, 4.69) is 15.9 Å². The van der Waals surface area contributed by atoms with Gasteiger partial charge in [0.05, 0.1) is 23.4 Å². The number of Topliss-reactive ketones (excluding diaryl/α,β-unsaturated/α-hetero) is 1. The van der Waals surface area contributed by atoms with Crippen LogP contribution in [0.4, 0.5) is 0 Å². The van der Waals surface area contributed by atoms with E-state index in [9.17, 15) is 24.3 Å². The van der Waals surface area contributed by atoms with Crippen LogP contribution in [0.25, 0.3) is 6.08 Å². The maximum atomic E-state index is 13.4. The molecular weight excluding hydrogens is 526 g/mol. The minimum atomic E-state index is -0.532. The van der Waals surface area contributed by atoms with Gasteiger partial charge in [0.1, 0.15) is 0 Å². The highest BCUT2D eigenvalue weighted by molar-refractivity contribution is 9.12. The first kappa shape index (κ1) is 24.4. The van der Waals surface area contributed by atoms with Gasteiger partial charge in [-0.1, -0.05) is 36.8 Å². The van der Waals surface area contributed by atoms with E-state index in [-0.39, 0.29) is 46.0 Å². The number of benzene rings is 1. The summed E-state index contributed by atoms with van der Waals surface area (Å²) in [6.07, 6.45) is 8.36. The monoisotopic (exact) mass is 551 g/mol. The van der Waals surface area contributed by atoms with E-state index in [1.165, 1.54) is 24.2 Å². The van der Waals surface area contributed by atoms with E-state index < -0.39 is 17.8 Å². The molecule has 1 saturated heterocycles. The molecule has 4 atom stereocenters. The van der Waals surface area contributed by atoms with Crippen LogP contribution in [0.3, 0.4) is 0 Å². The van der Waals surface area contributed by atoms with Crippen molar-refractivity contribution in [3.63, 3.8) is 0 Å². The number of fused-ring (bicyclic) bond motifs is 3. The standard InChI is InChI=1S/C28H26BrNO6/c1-3-10-30-27(34)17-8-7-15-16(6-4-14-5-9-21(31)23(11-14)36-2)24-19(12-18(15)25(17)28(30)35)26(33)20(29)13-22(24)32/h4-7,9,11,13,16-18,25,31H,3,8,10,12H2,1-2H3/t16-,17-,18+,25-/m0/s1. The number of ether oxygens (including phenoxy) is 1. The number of nitrogens with zero attached hydrogens (tertiary/aromatic N) is 1. The number of methoxy groups -OCH3 is 1. The third kappa shape index (κ3) is 3.79. The molecule has 8 heteroatoms. The lowest BCUT2D eigenvalue weighted by atomic mass is 9.61. The quantitative estimate of drug-likeness (QED) is 0.335. The van der Waals surface area contributed by atoms with E-state index >= 15 is 0 Å². The number of phenolic OH excluding ortho intramolecular Hbond substituents is 1. The SMILES string of the molecule is CCCN1C(=O)[C@H]2[C@H](CC=C3[C@H](C=Cc4ccc(O)c(OC)c4)C4=C(C[C@H]32)C(=O)C(Br)=CC4=O)C1=O. The van der Waals surface area contributed by atoms with Crippen LogP contribution < -0.4 is 4.74 Å². The predicted molar refractivity (Wildman–Crippen MR) is 136 cm³/mol. The van der Waals surface area contributed by atoms with E-state index in [4.69, 9.17) is 4.74 Å². The van der Waals surface area contributed by atoms with Crippen molar-refractivity contribution < 1.29 is 29.0 Å². The Bertz CT molecular complexity index is 1320. The minimum Gasteiger partial charge on any atom is -0.504 e. The zero-order valence-corrected chi connectivity index (χ0v) is 21.6. The van der Waals surface area contributed by atoms with Gasteiger partial charge >= 0.3 is 0 Å². The van der Waals surface area contributed by atoms with E-state index in [1.54, 1.807) is 12.1 Å². The fourth-order valence-electron chi connectivity index (χ4n) is 6.00. The maximum Gasteiger partial charge on any atom is 0.233 e. The average molecular weight is 552 g/mol. The highest BCUT2D eigenvalue weighted by Crippen LogP contribution is 2.52. The molecule has 0 saturated carbocycles. The zero-order valence-electron chi connectivity index (χ0n) is 20.0. The Hall–Kier alpha value is -3.26. The van der Waals surface area contributed by atoms with Gasteiger partial charge in [-0.15, -0.1) is 0 Å². The highest BCUT2D eigenvalue weighted by Gasteiger charge is 2.55. The summed E-state index contributed by atoms with van der Waals surface area (Å²) in [5.41, 5.74) is 2.48. The molecule has 4 aliphatic rings. The molecule has 0 aromatic heterocycles. The molecule has 0 spiro atoms. The molecule has 3 aliphatic carbocycles. The third-order valence-corrected chi connectivity index (χ3v) is 8.19. The van der Waals surface area contributed by atoms with Gasteiger partial charge in [0.15, 0.2) is 23.1 Å². The van der Waals surface area contributed by atoms with E-state index in [0.29, 0.717) is 36.3 Å². The first-order valence-electron chi connectivity index (χ1n) is 12.1. The summed E-state index contributed by atoms with van der Waals surface area (Å²) in [5.74, 6) is -2.28. The van der Waals surface area contributed by atoms with E-state index in [1.807, 2.05) is 25.2 Å². The molecule has 36 heavy (non-hydrogen) atoms. The Labute approximate surface area is 217 Å². The Morgan fingerprint density at radius 3 is 2.67 bits per heavy atom. The zero-order chi connectivity index (χ0) is 25.7. The normalized spacial score (nSPS) is 27.7. The molecule has 1 aromatic carbocycles. The van der Waals surface area contributed by atoms with Crippen molar-refractivity contribution in [3.05, 3.63) is 63.2 Å². The molecule has 7 nitrogen and oxygen atoms in total. The number of hydrogen-bond acceptors (Lipinski definition) is 6. The lowest BCUT2D eigenvalue weighted by Crippen LogP contribution is -2.40. The molecule has 0 radical (unpaired) electrons. The largest absolute Gasteiger partial charge is 0.504 e. The third-order valence-electron chi connectivity index (χ3n) is 7.60. The number of allylic oxidation sites excluding steroid dienone is 7. The average Bonchev–Trinajstić information content (AvgIpc) is 3.11. The van der Waals surface area contributed by atoms with Crippen molar-refractivity contribution in [2.24, 2.45) is 23.7 Å². The van der Waals surface area contributed by atoms with Crippen LogP contribution in [0.5, 0.6) is 11.5 Å². The van der Waals surface area contributed by atoms with Gasteiger partial charge in [-0.05, 0) is 58.8 Å². The highest BCUT2D eigenvalue weighted by atomic mass is 79.9. The second kappa shape index (κ2) is 9.32. The van der Waals surface area contributed by atoms with Gasteiger partial charge in [0.2, 0.25) is 11.8 Å². The molecule has 1 aromatic rings. The molecule has 5 rings (SSSR count). The van der Waals surface area contributed by atoms with Gasteiger partial charge in [0.25, 0.3) is 0 Å². The van der Waals surface area contributed by atoms with Crippen LogP contribution in [0, 0.1) is 23.7 Å². The topological polar surface area (TPSA) is 101 Å². The van der Waals surface area contributed by atoms with Crippen LogP contribution in [0.1, 0.15) is 31.7 Å². The molecule has 0 bridgehead atoms. The number of carbonyl (C=O) groups excluding carboxylic acids is 4. The summed E-state index contributed by atoms with van der Waals surface area (Å²) in [7, 11) is 1.47. The van der Waals surface area contributed by atoms with Crippen LogP contribution in [0.2, 0.25) is 0 Å². The van der Waals surface area contributed by atoms with Crippen LogP contribution >= 0.6 is 15.9 Å². The Morgan fingerprint density at radius 2 is 1.94 bits per heavy atom. The van der Waals surface area contributed by atoms with Crippen LogP contribution in [0.15, 0.2) is 57.6 Å². The van der Waals surface area contributed by atoms with Crippen molar-refractivity contribution in [3.8, 4) is 11.5 Å². The summed E-state index contributed by atoms with van der Waals surface area (Å²) >= 11 is 3.23. The molecule has 1 fully saturated rings. The van der Waals surface area contributed by atoms with Crippen LogP contribution in [-0.2, 0) is 19.2 Å². The Kier molecular flexibility index (Phi) is 6.32. The van der Waals surface area contributed by atoms with Crippen molar-refractivity contribution in [2.75, 3.05) is 13.7 Å². The van der Waals surface area contributed by atoms with Crippen molar-refractivity contribution in [2.45, 2.75) is 26.2 Å². The van der Waals surface area contributed by atoms with Gasteiger partial charge in [-0.3, -0.25) is 24.1 Å². The first-order chi connectivity index (χ1) is 17.3. The Balaban J connectivity index is 1.59. The summed E-state index contributed by atoms with van der Waals surface area (Å²) in [4.78, 5) is 54.1. The summed E-state index contributed by atoms with van der Waals surface area (Å²) < 4.78 is 5.41. The van der Waals surface area contributed by atoms with Crippen molar-refractivity contribution in [1.82, 2.24) is 4.90 Å². The molecule has 1 N–H and O–H groups in total. The second-order valence-corrected chi connectivity index (χ2v) is 10.4. The molecule has 186 valence electrons. The smallest absolute Gasteiger partial charge is 0.233 e. The molecular formula is C28H26BrNO6. The maximum absolute atomic E-state index is 13.4. The molecule has 1 aliphatic heterocycles. The molecule has 1 heterocycles. The van der Waals surface area contributed by atoms with Crippen molar-refractivity contribution in [1.29, 1.82) is 0 Å². The lowest BCUT2D eigenvalue weighted by Gasteiger charge is -2.41. The number of ketones is 2. The number of aromatic hydroxyl groups is 1. The first-order valence-corrected chi connectivity index (χ1v) is 12.9. The predicted octanol–water partition coefficient (Wildman–Crippen LogP) is 4.12. The number of likely N-dealkylation sites (tertiary alicyclic amines) is 1. The fraction of sp³-hybridized carbons (Fsp3) is 0.357. The van der Waals surface area contributed by atoms with E-state index in [0.717, 1.165) is 11.1 Å². The molecule has 2 amide bonds. The van der Waals surface area contributed by atoms with Crippen LogP contribution in [-0.4, -0.2) is 47.0 Å². The van der Waals surface area contributed by atoms with Gasteiger partial charge in [-0.25, -0.2) is 0 Å². The number of hydrogen-bond donors (Lipinski definition) is 1. The summed E-state index contributed by atoms with van der Waals surface area (Å²) in [6, 6.07) is 4.93. The fourth-order valence-corrected chi connectivity index (χ4v) is 6.45. The number of carbonyl (C=O) groups is 4. The molecule has 0 unspecified atom stereocenters. The number of imide groups is 1. The number of halogens is 1. The van der Waals surface area contributed by atoms with Gasteiger partial charge in [-0.2, -0.15) is 0 Å². The number of phenols is 1. The van der Waals surface area contributed by atoms with Gasteiger partial charge < -0.3 is 9.84 Å². The lowest BCUT2D eigenvalue weighted by molar-refractivity contribution is -0.140.